The third kappa shape index (κ3) is 6.26. The molecule has 12 heteroatoms. The average Bonchev–Trinajstić information content (AvgIpc) is 3.64. The minimum Gasteiger partial charge on any atom is -0.458 e. The van der Waals surface area contributed by atoms with Crippen molar-refractivity contribution in [2.24, 2.45) is 0 Å². The molecule has 40 heavy (non-hydrogen) atoms. The number of aromatic nitrogens is 4. The Kier molecular flexibility index (Phi) is 7.49. The van der Waals surface area contributed by atoms with Crippen LogP contribution in [0.2, 0.25) is 5.02 Å². The number of ether oxygens (including phenoxy) is 2. The highest BCUT2D eigenvalue weighted by Gasteiger charge is 2.34. The van der Waals surface area contributed by atoms with Crippen molar-refractivity contribution < 1.29 is 23.5 Å². The summed E-state index contributed by atoms with van der Waals surface area (Å²) in [5.74, 6) is 1.84. The molecule has 0 bridgehead atoms. The third-order valence-electron chi connectivity index (χ3n) is 6.04. The van der Waals surface area contributed by atoms with E-state index in [9.17, 15) is 9.59 Å². The quantitative estimate of drug-likeness (QED) is 0.336. The summed E-state index contributed by atoms with van der Waals surface area (Å²) in [5.41, 5.74) is 0.802. The highest BCUT2D eigenvalue weighted by Crippen LogP contribution is 2.34. The van der Waals surface area contributed by atoms with Gasteiger partial charge in [-0.15, -0.1) is 10.2 Å². The lowest BCUT2D eigenvalue weighted by molar-refractivity contribution is -0.143. The van der Waals surface area contributed by atoms with Gasteiger partial charge < -0.3 is 24.1 Å². The molecule has 3 heterocycles. The van der Waals surface area contributed by atoms with E-state index in [-0.39, 0.29) is 31.6 Å². The molecule has 1 aliphatic rings. The van der Waals surface area contributed by atoms with Gasteiger partial charge in [0.25, 0.3) is 0 Å². The van der Waals surface area contributed by atoms with Gasteiger partial charge in [0.15, 0.2) is 17.3 Å². The number of rotatable bonds is 8. The van der Waals surface area contributed by atoms with Gasteiger partial charge in [0, 0.05) is 17.1 Å². The Morgan fingerprint density at radius 1 is 1.07 bits per heavy atom. The van der Waals surface area contributed by atoms with Crippen LogP contribution < -0.4 is 14.8 Å². The van der Waals surface area contributed by atoms with Crippen LogP contribution >= 0.6 is 11.6 Å². The fraction of sp³-hybridized carbons (Fsp3) is 0.321. The monoisotopic (exact) mass is 564 g/mol. The highest BCUT2D eigenvalue weighted by atomic mass is 35.5. The predicted molar refractivity (Wildman–Crippen MR) is 145 cm³/mol. The summed E-state index contributed by atoms with van der Waals surface area (Å²) in [4.78, 5) is 30.4. The van der Waals surface area contributed by atoms with E-state index in [2.05, 4.69) is 20.7 Å². The Morgan fingerprint density at radius 3 is 2.52 bits per heavy atom. The Hall–Kier alpha value is -4.38. The largest absolute Gasteiger partial charge is 0.458 e. The topological polar surface area (TPSA) is 125 Å². The van der Waals surface area contributed by atoms with Crippen molar-refractivity contribution in [3.8, 4) is 23.1 Å². The van der Waals surface area contributed by atoms with E-state index in [4.69, 9.17) is 25.5 Å². The standard InChI is InChI=1S/C28H29ClN6O5/c1-17-5-11-22(40-17)26-31-33-35(32-26)15-24(36)34(14-18-6-12-21-23(13-18)39-16-38-21)25(27(37)30-28(2,3)4)19-7-9-20(29)10-8-19/h5-13,25H,14-16H2,1-4H3,(H,30,37). The summed E-state index contributed by atoms with van der Waals surface area (Å²) in [6, 6.07) is 14.8. The molecule has 2 amide bonds. The fourth-order valence-corrected chi connectivity index (χ4v) is 4.42. The van der Waals surface area contributed by atoms with Crippen LogP contribution in [0.3, 0.4) is 0 Å². The molecular formula is C28H29ClN6O5. The normalized spacial score (nSPS) is 13.2. The van der Waals surface area contributed by atoms with Crippen LogP contribution in [0, 0.1) is 6.92 Å². The number of aryl methyl sites for hydroxylation is 1. The summed E-state index contributed by atoms with van der Waals surface area (Å²) in [6.07, 6.45) is 0. The summed E-state index contributed by atoms with van der Waals surface area (Å²) in [7, 11) is 0. The van der Waals surface area contributed by atoms with Crippen molar-refractivity contribution >= 4 is 23.4 Å². The minimum atomic E-state index is -0.981. The smallest absolute Gasteiger partial charge is 0.247 e. The first kappa shape index (κ1) is 27.2. The number of hydrogen-bond acceptors (Lipinski definition) is 8. The molecule has 1 atom stereocenters. The molecule has 0 fully saturated rings. The molecule has 2 aromatic heterocycles. The second-order valence-corrected chi connectivity index (χ2v) is 10.9. The number of carbonyl (C=O) groups is 2. The molecular weight excluding hydrogens is 536 g/mol. The van der Waals surface area contributed by atoms with Crippen molar-refractivity contribution in [1.29, 1.82) is 0 Å². The number of furan rings is 1. The summed E-state index contributed by atoms with van der Waals surface area (Å²) in [6.45, 7) is 7.41. The van der Waals surface area contributed by atoms with Crippen molar-refractivity contribution in [1.82, 2.24) is 30.4 Å². The van der Waals surface area contributed by atoms with E-state index in [1.54, 1.807) is 48.5 Å². The number of halogens is 1. The van der Waals surface area contributed by atoms with Crippen molar-refractivity contribution in [2.45, 2.75) is 52.4 Å². The summed E-state index contributed by atoms with van der Waals surface area (Å²) in [5, 5.41) is 15.9. The molecule has 1 aliphatic heterocycles. The number of amides is 2. The predicted octanol–water partition coefficient (Wildman–Crippen LogP) is 4.31. The molecule has 2 aromatic carbocycles. The second-order valence-electron chi connectivity index (χ2n) is 10.5. The molecule has 4 aromatic rings. The first-order valence-corrected chi connectivity index (χ1v) is 13.0. The van der Waals surface area contributed by atoms with Gasteiger partial charge in [-0.05, 0) is 80.4 Å². The number of tetrazole rings is 1. The van der Waals surface area contributed by atoms with Gasteiger partial charge in [-0.25, -0.2) is 0 Å². The van der Waals surface area contributed by atoms with E-state index < -0.39 is 17.5 Å². The number of carbonyl (C=O) groups excluding carboxylic acids is 2. The van der Waals surface area contributed by atoms with E-state index in [1.807, 2.05) is 33.8 Å². The second kappa shape index (κ2) is 11.0. The lowest BCUT2D eigenvalue weighted by Gasteiger charge is -2.33. The first-order chi connectivity index (χ1) is 19.1. The van der Waals surface area contributed by atoms with Gasteiger partial charge >= 0.3 is 0 Å². The molecule has 0 aliphatic carbocycles. The average molecular weight is 565 g/mol. The van der Waals surface area contributed by atoms with Crippen molar-refractivity contribution in [2.75, 3.05) is 6.79 Å². The van der Waals surface area contributed by atoms with Gasteiger partial charge in [0.2, 0.25) is 24.4 Å². The Labute approximate surface area is 236 Å². The van der Waals surface area contributed by atoms with Gasteiger partial charge in [-0.2, -0.15) is 4.80 Å². The Morgan fingerprint density at radius 2 is 1.82 bits per heavy atom. The van der Waals surface area contributed by atoms with E-state index in [1.165, 1.54) is 9.70 Å². The minimum absolute atomic E-state index is 0.0965. The summed E-state index contributed by atoms with van der Waals surface area (Å²) < 4.78 is 16.5. The molecule has 208 valence electrons. The molecule has 5 rings (SSSR count). The summed E-state index contributed by atoms with van der Waals surface area (Å²) >= 11 is 6.15. The molecule has 1 unspecified atom stereocenters. The van der Waals surface area contributed by atoms with E-state index >= 15 is 0 Å². The van der Waals surface area contributed by atoms with Crippen LogP contribution in [-0.2, 0) is 22.7 Å². The van der Waals surface area contributed by atoms with Crippen LogP contribution in [0.25, 0.3) is 11.6 Å². The molecule has 11 nitrogen and oxygen atoms in total. The lowest BCUT2D eigenvalue weighted by Crippen LogP contribution is -2.49. The number of fused-ring (bicyclic) bond motifs is 1. The molecule has 0 saturated heterocycles. The van der Waals surface area contributed by atoms with Crippen molar-refractivity contribution in [3.63, 3.8) is 0 Å². The van der Waals surface area contributed by atoms with E-state index in [0.29, 0.717) is 33.6 Å². The number of nitrogens with zero attached hydrogens (tertiary/aromatic N) is 5. The van der Waals surface area contributed by atoms with Gasteiger partial charge in [0.1, 0.15) is 18.3 Å². The maximum atomic E-state index is 14.0. The van der Waals surface area contributed by atoms with Gasteiger partial charge in [-0.3, -0.25) is 9.59 Å². The SMILES string of the molecule is Cc1ccc(-c2nnn(CC(=O)N(Cc3ccc4c(c3)OCO4)C(C(=O)NC(C)(C)C)c3ccc(Cl)cc3)n2)o1. The molecule has 0 spiro atoms. The van der Waals surface area contributed by atoms with Crippen LogP contribution in [0.5, 0.6) is 11.5 Å². The Bertz CT molecular complexity index is 1520. The van der Waals surface area contributed by atoms with Crippen LogP contribution in [0.4, 0.5) is 0 Å². The zero-order valence-corrected chi connectivity index (χ0v) is 23.3. The molecule has 0 radical (unpaired) electrons. The maximum Gasteiger partial charge on any atom is 0.247 e. The number of hydrogen-bond donors (Lipinski definition) is 1. The highest BCUT2D eigenvalue weighted by molar-refractivity contribution is 6.30. The van der Waals surface area contributed by atoms with Crippen LogP contribution in [-0.4, -0.2) is 49.3 Å². The number of nitrogens with one attached hydrogen (secondary N) is 1. The van der Waals surface area contributed by atoms with Crippen LogP contribution in [0.15, 0.2) is 59.0 Å². The molecule has 0 saturated carbocycles. The zero-order valence-electron chi connectivity index (χ0n) is 22.6. The third-order valence-corrected chi connectivity index (χ3v) is 6.30. The van der Waals surface area contributed by atoms with Crippen LogP contribution in [0.1, 0.15) is 43.7 Å². The lowest BCUT2D eigenvalue weighted by atomic mass is 10.0. The zero-order chi connectivity index (χ0) is 28.4. The maximum absolute atomic E-state index is 14.0. The molecule has 1 N–H and O–H groups in total. The fourth-order valence-electron chi connectivity index (χ4n) is 4.29. The van der Waals surface area contributed by atoms with E-state index in [0.717, 1.165) is 5.56 Å². The van der Waals surface area contributed by atoms with Crippen molar-refractivity contribution in [3.05, 3.63) is 76.5 Å². The Balaban J connectivity index is 1.50. The van der Waals surface area contributed by atoms with Gasteiger partial charge in [0.05, 0.1) is 0 Å². The first-order valence-electron chi connectivity index (χ1n) is 12.7. The van der Waals surface area contributed by atoms with Gasteiger partial charge in [-0.1, -0.05) is 29.8 Å². The number of benzene rings is 2.